The molecule has 0 saturated carbocycles. The zero-order chi connectivity index (χ0) is 10.9. The highest BCUT2D eigenvalue weighted by atomic mass is 32.1. The van der Waals surface area contributed by atoms with Gasteiger partial charge in [-0.2, -0.15) is 10.2 Å². The molecule has 15 heavy (non-hydrogen) atoms. The Hall–Kier alpha value is -1.21. The van der Waals surface area contributed by atoms with Crippen molar-refractivity contribution >= 4 is 29.9 Å². The van der Waals surface area contributed by atoms with E-state index in [4.69, 9.17) is 13.7 Å². The maximum Gasteiger partial charge on any atom is 0.197 e. The molecule has 5 nitrogen and oxygen atoms in total. The molecule has 0 saturated heterocycles. The van der Waals surface area contributed by atoms with E-state index in [2.05, 4.69) is 20.6 Å². The van der Waals surface area contributed by atoms with Crippen LogP contribution in [-0.2, 0) is 0 Å². The van der Waals surface area contributed by atoms with Crippen LogP contribution in [0.1, 0.15) is 19.0 Å². The first kappa shape index (κ1) is 10.3. The minimum Gasteiger partial charge on any atom is -0.300 e. The highest BCUT2D eigenvalue weighted by molar-refractivity contribution is 7.13. The zero-order valence-corrected chi connectivity index (χ0v) is 9.08. The van der Waals surface area contributed by atoms with Gasteiger partial charge in [0.25, 0.3) is 0 Å². The van der Waals surface area contributed by atoms with Crippen molar-refractivity contribution in [3.8, 4) is 0 Å². The molecule has 1 aromatic rings. The summed E-state index contributed by atoms with van der Waals surface area (Å²) in [5, 5.41) is 10.4. The number of hydrogen-bond acceptors (Lipinski definition) is 6. The van der Waals surface area contributed by atoms with Crippen LogP contribution in [0.3, 0.4) is 0 Å². The Morgan fingerprint density at radius 3 is 3.07 bits per heavy atom. The van der Waals surface area contributed by atoms with Crippen molar-refractivity contribution in [2.45, 2.75) is 18.8 Å². The van der Waals surface area contributed by atoms with E-state index < -0.39 is 5.44 Å². The minimum atomic E-state index is -0.635. The summed E-state index contributed by atoms with van der Waals surface area (Å²) < 4.78 is 0. The van der Waals surface area contributed by atoms with Gasteiger partial charge in [-0.05, 0) is 13.3 Å². The molecule has 7 heteroatoms. The van der Waals surface area contributed by atoms with E-state index in [-0.39, 0.29) is 0 Å². The van der Waals surface area contributed by atoms with E-state index in [0.717, 1.165) is 11.3 Å². The highest BCUT2D eigenvalue weighted by Gasteiger charge is 2.23. The summed E-state index contributed by atoms with van der Waals surface area (Å²) in [6, 6.07) is 0. The quantitative estimate of drug-likeness (QED) is 0.449. The molecule has 1 atom stereocenters. The van der Waals surface area contributed by atoms with Gasteiger partial charge in [-0.25, -0.2) is 10.8 Å². The van der Waals surface area contributed by atoms with Gasteiger partial charge in [0.2, 0.25) is 0 Å². The van der Waals surface area contributed by atoms with Gasteiger partial charge in [0.05, 0.1) is 11.9 Å². The lowest BCUT2D eigenvalue weighted by Crippen LogP contribution is -2.23. The fourth-order valence-electron chi connectivity index (χ4n) is 1.34. The summed E-state index contributed by atoms with van der Waals surface area (Å²) in [4.78, 5) is 4.27. The van der Waals surface area contributed by atoms with Gasteiger partial charge in [-0.1, -0.05) is 0 Å². The second-order valence-electron chi connectivity index (χ2n) is 3.59. The van der Waals surface area contributed by atoms with Crippen LogP contribution in [0.15, 0.2) is 21.8 Å². The lowest BCUT2D eigenvalue weighted by Gasteiger charge is -2.22. The average Bonchev–Trinajstić information content (AvgIpc) is 2.64. The van der Waals surface area contributed by atoms with Gasteiger partial charge in [0.15, 0.2) is 5.13 Å². The second kappa shape index (κ2) is 3.75. The molecule has 76 valence electrons. The molecule has 1 aliphatic heterocycles. The Labute approximate surface area is 92.9 Å². The molecule has 1 aromatic heterocycles. The molecule has 0 fully saturated rings. The smallest absolute Gasteiger partial charge is 0.197 e. The highest BCUT2D eigenvalue weighted by Crippen LogP contribution is 2.31. The Morgan fingerprint density at radius 1 is 1.67 bits per heavy atom. The summed E-state index contributed by atoms with van der Waals surface area (Å²) >= 11 is 1.44. The maximum absolute atomic E-state index is 5.88. The molecule has 1 unspecified atom stereocenters. The molecule has 1 aliphatic rings. The normalized spacial score (nSPS) is 25.1. The molecule has 0 bridgehead atoms. The van der Waals surface area contributed by atoms with Crippen molar-refractivity contribution in [1.29, 1.82) is 0 Å². The Balaban J connectivity index is 2.25. The molecular formula is C8H10BN5S. The Morgan fingerprint density at radius 2 is 2.47 bits per heavy atom. The lowest BCUT2D eigenvalue weighted by atomic mass is 9.75. The molecule has 3 N–H and O–H groups in total. The van der Waals surface area contributed by atoms with Gasteiger partial charge >= 0.3 is 0 Å². The van der Waals surface area contributed by atoms with Crippen LogP contribution in [0.4, 0.5) is 5.13 Å². The summed E-state index contributed by atoms with van der Waals surface area (Å²) in [6.07, 6.45) is 2.31. The van der Waals surface area contributed by atoms with Crippen LogP contribution < -0.4 is 11.3 Å². The van der Waals surface area contributed by atoms with Crippen molar-refractivity contribution < 1.29 is 0 Å². The van der Waals surface area contributed by atoms with Crippen LogP contribution in [-0.4, -0.2) is 18.3 Å². The number of nitrogens with one attached hydrogen (secondary N) is 1. The Bertz CT molecular complexity index is 422. The minimum absolute atomic E-state index is 0.629. The molecule has 2 rings (SSSR count). The maximum atomic E-state index is 5.88. The van der Waals surface area contributed by atoms with Crippen LogP contribution >= 0.6 is 11.3 Å². The molecule has 2 radical (unpaired) electrons. The van der Waals surface area contributed by atoms with Crippen molar-refractivity contribution in [2.75, 3.05) is 5.43 Å². The number of rotatable bonds is 2. The van der Waals surface area contributed by atoms with Gasteiger partial charge in [-0.15, -0.1) is 11.3 Å². The number of nitrogen functional groups attached to an aromatic ring is 1. The summed E-state index contributed by atoms with van der Waals surface area (Å²) in [6.45, 7) is 1.83. The van der Waals surface area contributed by atoms with Gasteiger partial charge in [0, 0.05) is 16.4 Å². The molecule has 0 aromatic carbocycles. The van der Waals surface area contributed by atoms with E-state index in [9.17, 15) is 0 Å². The first-order valence-electron chi connectivity index (χ1n) is 4.43. The van der Waals surface area contributed by atoms with E-state index in [1.54, 1.807) is 6.20 Å². The number of hydrazine groups is 1. The van der Waals surface area contributed by atoms with Crippen LogP contribution in [0.2, 0.25) is 0 Å². The van der Waals surface area contributed by atoms with Crippen molar-refractivity contribution in [3.63, 3.8) is 0 Å². The number of azo groups is 1. The molecule has 0 aliphatic carbocycles. The van der Waals surface area contributed by atoms with Crippen molar-refractivity contribution in [3.05, 3.63) is 17.3 Å². The summed E-state index contributed by atoms with van der Waals surface area (Å²) in [7, 11) is 5.88. The molecule has 0 amide bonds. The second-order valence-corrected chi connectivity index (χ2v) is 4.44. The number of nitrogens with zero attached hydrogens (tertiary/aromatic N) is 3. The number of hydrogen-bond donors (Lipinski definition) is 2. The molecule has 0 spiro atoms. The topological polar surface area (TPSA) is 75.7 Å². The van der Waals surface area contributed by atoms with Crippen LogP contribution in [0.5, 0.6) is 0 Å². The van der Waals surface area contributed by atoms with Crippen LogP contribution in [0, 0.1) is 0 Å². The van der Waals surface area contributed by atoms with E-state index in [0.29, 0.717) is 11.6 Å². The fourth-order valence-corrected chi connectivity index (χ4v) is 1.99. The zero-order valence-electron chi connectivity index (χ0n) is 8.27. The monoisotopic (exact) mass is 219 g/mol. The van der Waals surface area contributed by atoms with Gasteiger partial charge < -0.3 is 0 Å². The fraction of sp³-hybridized carbons (Fsp3) is 0.375. The van der Waals surface area contributed by atoms with Gasteiger partial charge in [0.1, 0.15) is 7.85 Å². The summed E-state index contributed by atoms with van der Waals surface area (Å²) in [5.74, 6) is 5.26. The standard InChI is InChI=1S/C8H10BN5S/c1-8(9)2-5(3-11-14-8)6-4-15-7(12-6)13-10/h3-4H,2,10H2,1H3,(H,12,13). The van der Waals surface area contributed by atoms with E-state index >= 15 is 0 Å². The summed E-state index contributed by atoms with van der Waals surface area (Å²) in [5.41, 5.74) is 3.70. The number of aromatic nitrogens is 1. The first-order chi connectivity index (χ1) is 7.11. The Kier molecular flexibility index (Phi) is 2.58. The number of thiazole rings is 1. The van der Waals surface area contributed by atoms with E-state index in [1.807, 2.05) is 12.3 Å². The lowest BCUT2D eigenvalue weighted by molar-refractivity contribution is 0.629. The first-order valence-corrected chi connectivity index (χ1v) is 5.31. The predicted octanol–water partition coefficient (Wildman–Crippen LogP) is 1.51. The van der Waals surface area contributed by atoms with E-state index in [1.165, 1.54) is 11.3 Å². The third kappa shape index (κ3) is 2.24. The number of nitrogens with two attached hydrogens (primary N) is 1. The SMILES string of the molecule is [B]C1(C)CC(c2csc(NN)n2)=CN=N1. The molecular weight excluding hydrogens is 209 g/mol. The predicted molar refractivity (Wildman–Crippen MR) is 61.5 cm³/mol. The van der Waals surface area contributed by atoms with Gasteiger partial charge in [-0.3, -0.25) is 5.43 Å². The largest absolute Gasteiger partial charge is 0.300 e. The van der Waals surface area contributed by atoms with Crippen molar-refractivity contribution in [1.82, 2.24) is 4.98 Å². The number of anilines is 1. The van der Waals surface area contributed by atoms with Crippen molar-refractivity contribution in [2.24, 2.45) is 16.1 Å². The third-order valence-electron chi connectivity index (χ3n) is 2.00. The molecule has 2 heterocycles. The average molecular weight is 219 g/mol. The third-order valence-corrected chi connectivity index (χ3v) is 2.78. The van der Waals surface area contributed by atoms with Crippen LogP contribution in [0.25, 0.3) is 5.57 Å².